The van der Waals surface area contributed by atoms with Gasteiger partial charge in [-0.05, 0) is 26.8 Å². The molecular formula is C15H19NO7. The number of aromatic hydroxyl groups is 1. The van der Waals surface area contributed by atoms with Gasteiger partial charge in [-0.1, -0.05) is 6.07 Å². The van der Waals surface area contributed by atoms with Crippen molar-refractivity contribution in [1.82, 2.24) is 0 Å². The second kappa shape index (κ2) is 6.99. The number of ether oxygens (including phenoxy) is 1. The summed E-state index contributed by atoms with van der Waals surface area (Å²) in [5, 5.41) is 30.1. The molecule has 1 unspecified atom stereocenters. The van der Waals surface area contributed by atoms with Crippen LogP contribution in [0.5, 0.6) is 5.75 Å². The van der Waals surface area contributed by atoms with Gasteiger partial charge in [0.1, 0.15) is 11.4 Å². The van der Waals surface area contributed by atoms with Gasteiger partial charge < -0.3 is 20.1 Å². The van der Waals surface area contributed by atoms with Crippen molar-refractivity contribution < 1.29 is 34.4 Å². The lowest BCUT2D eigenvalue weighted by Gasteiger charge is -2.20. The number of nitrogens with one attached hydrogen (secondary N) is 1. The van der Waals surface area contributed by atoms with Gasteiger partial charge in [0.2, 0.25) is 0 Å². The number of phenols is 1. The number of amides is 1. The molecule has 0 bridgehead atoms. The van der Waals surface area contributed by atoms with Crippen molar-refractivity contribution in [3.05, 3.63) is 23.8 Å². The molecule has 0 aromatic heterocycles. The Hall–Kier alpha value is -2.77. The molecule has 126 valence electrons. The lowest BCUT2D eigenvalue weighted by atomic mass is 9.94. The highest BCUT2D eigenvalue weighted by Gasteiger charge is 2.26. The first-order valence-electron chi connectivity index (χ1n) is 6.77. The van der Waals surface area contributed by atoms with E-state index < -0.39 is 41.7 Å². The minimum absolute atomic E-state index is 0.0466. The van der Waals surface area contributed by atoms with Crippen molar-refractivity contribution in [1.29, 1.82) is 0 Å². The molecule has 1 atom stereocenters. The molecule has 1 aromatic carbocycles. The minimum Gasteiger partial charge on any atom is -0.508 e. The van der Waals surface area contributed by atoms with E-state index in [-0.39, 0.29) is 11.3 Å². The van der Waals surface area contributed by atoms with E-state index in [2.05, 4.69) is 5.32 Å². The zero-order valence-electron chi connectivity index (χ0n) is 13.0. The van der Waals surface area contributed by atoms with Crippen LogP contribution in [0.3, 0.4) is 0 Å². The summed E-state index contributed by atoms with van der Waals surface area (Å²) in [7, 11) is 0. The normalized spacial score (nSPS) is 12.3. The van der Waals surface area contributed by atoms with Gasteiger partial charge in [-0.25, -0.2) is 4.79 Å². The van der Waals surface area contributed by atoms with E-state index in [1.54, 1.807) is 20.8 Å². The summed E-state index contributed by atoms with van der Waals surface area (Å²) in [4.78, 5) is 33.5. The number of carboxylic acid groups (broad SMARTS) is 2. The molecule has 0 fully saturated rings. The minimum atomic E-state index is -1.39. The van der Waals surface area contributed by atoms with Crippen LogP contribution >= 0.6 is 0 Å². The molecular weight excluding hydrogens is 306 g/mol. The van der Waals surface area contributed by atoms with Crippen molar-refractivity contribution in [3.63, 3.8) is 0 Å². The molecule has 0 saturated heterocycles. The highest BCUT2D eigenvalue weighted by Crippen LogP contribution is 2.31. The summed E-state index contributed by atoms with van der Waals surface area (Å²) in [5.74, 6) is -4.47. The third kappa shape index (κ3) is 5.85. The van der Waals surface area contributed by atoms with Crippen LogP contribution < -0.4 is 5.32 Å². The Balaban J connectivity index is 2.95. The standard InChI is InChI=1S/C15H19NO7/c1-15(2,3)23-14(22)16-8-4-5-9(11(17)6-8)10(13(20)21)7-12(18)19/h4-6,10,17H,7H2,1-3H3,(H,16,22)(H,18,19)(H,20,21). The van der Waals surface area contributed by atoms with Crippen LogP contribution in [0.15, 0.2) is 18.2 Å². The number of benzene rings is 1. The number of phenolic OH excluding ortho intramolecular Hbond substituents is 1. The zero-order valence-corrected chi connectivity index (χ0v) is 13.0. The van der Waals surface area contributed by atoms with Gasteiger partial charge in [-0.3, -0.25) is 14.9 Å². The van der Waals surface area contributed by atoms with Crippen molar-refractivity contribution in [2.24, 2.45) is 0 Å². The number of anilines is 1. The Labute approximate surface area is 132 Å². The van der Waals surface area contributed by atoms with E-state index in [9.17, 15) is 19.5 Å². The maximum atomic E-state index is 11.6. The summed E-state index contributed by atoms with van der Waals surface area (Å²) in [5.41, 5.74) is -0.545. The second-order valence-electron chi connectivity index (χ2n) is 5.89. The van der Waals surface area contributed by atoms with E-state index in [1.807, 2.05) is 0 Å². The Morgan fingerprint density at radius 2 is 1.83 bits per heavy atom. The molecule has 23 heavy (non-hydrogen) atoms. The van der Waals surface area contributed by atoms with E-state index in [0.717, 1.165) is 6.07 Å². The number of carboxylic acids is 2. The second-order valence-corrected chi connectivity index (χ2v) is 5.89. The van der Waals surface area contributed by atoms with Gasteiger partial charge in [-0.15, -0.1) is 0 Å². The van der Waals surface area contributed by atoms with Gasteiger partial charge >= 0.3 is 18.0 Å². The third-order valence-electron chi connectivity index (χ3n) is 2.73. The fourth-order valence-electron chi connectivity index (χ4n) is 1.84. The topological polar surface area (TPSA) is 133 Å². The Morgan fingerprint density at radius 1 is 1.22 bits per heavy atom. The Morgan fingerprint density at radius 3 is 2.26 bits per heavy atom. The number of hydrogen-bond donors (Lipinski definition) is 4. The van der Waals surface area contributed by atoms with Gasteiger partial charge in [0.05, 0.1) is 12.3 Å². The summed E-state index contributed by atoms with van der Waals surface area (Å²) in [6, 6.07) is 3.75. The first kappa shape index (κ1) is 18.3. The van der Waals surface area contributed by atoms with Crippen molar-refractivity contribution in [3.8, 4) is 5.75 Å². The average molecular weight is 325 g/mol. The van der Waals surface area contributed by atoms with Gasteiger partial charge in [-0.2, -0.15) is 0 Å². The number of carbonyl (C=O) groups is 3. The molecule has 0 aliphatic heterocycles. The number of aliphatic carboxylic acids is 2. The molecule has 1 amide bonds. The molecule has 0 heterocycles. The SMILES string of the molecule is CC(C)(C)OC(=O)Nc1ccc(C(CC(=O)O)C(=O)O)c(O)c1. The van der Waals surface area contributed by atoms with Gasteiger partial charge in [0.25, 0.3) is 0 Å². The maximum absolute atomic E-state index is 11.6. The van der Waals surface area contributed by atoms with Crippen LogP contribution in [0.2, 0.25) is 0 Å². The van der Waals surface area contributed by atoms with Crippen molar-refractivity contribution in [2.75, 3.05) is 5.32 Å². The lowest BCUT2D eigenvalue weighted by Crippen LogP contribution is -2.27. The summed E-state index contributed by atoms with van der Waals surface area (Å²) in [6.07, 6.45) is -1.40. The molecule has 8 nitrogen and oxygen atoms in total. The molecule has 1 aromatic rings. The fourth-order valence-corrected chi connectivity index (χ4v) is 1.84. The van der Waals surface area contributed by atoms with Crippen LogP contribution in [-0.2, 0) is 14.3 Å². The molecule has 0 radical (unpaired) electrons. The predicted molar refractivity (Wildman–Crippen MR) is 80.6 cm³/mol. The summed E-state index contributed by atoms with van der Waals surface area (Å²) < 4.78 is 5.05. The number of carbonyl (C=O) groups excluding carboxylic acids is 1. The van der Waals surface area contributed by atoms with Gasteiger partial charge in [0, 0.05) is 17.3 Å². The lowest BCUT2D eigenvalue weighted by molar-refractivity contribution is -0.145. The highest BCUT2D eigenvalue weighted by molar-refractivity contribution is 5.86. The van der Waals surface area contributed by atoms with Crippen LogP contribution in [0.4, 0.5) is 10.5 Å². The van der Waals surface area contributed by atoms with E-state index in [1.165, 1.54) is 12.1 Å². The smallest absolute Gasteiger partial charge is 0.412 e. The molecule has 0 saturated carbocycles. The average Bonchev–Trinajstić information content (AvgIpc) is 2.33. The largest absolute Gasteiger partial charge is 0.508 e. The van der Waals surface area contributed by atoms with Crippen LogP contribution in [0, 0.1) is 0 Å². The van der Waals surface area contributed by atoms with Crippen LogP contribution in [0.1, 0.15) is 38.7 Å². The fraction of sp³-hybridized carbons (Fsp3) is 0.400. The quantitative estimate of drug-likeness (QED) is 0.653. The zero-order chi connectivity index (χ0) is 17.8. The van der Waals surface area contributed by atoms with E-state index in [0.29, 0.717) is 0 Å². The van der Waals surface area contributed by atoms with E-state index in [4.69, 9.17) is 14.9 Å². The Kier molecular flexibility index (Phi) is 5.56. The Bertz CT molecular complexity index is 619. The maximum Gasteiger partial charge on any atom is 0.412 e. The van der Waals surface area contributed by atoms with Crippen LogP contribution in [-0.4, -0.2) is 39.0 Å². The van der Waals surface area contributed by atoms with Gasteiger partial charge in [0.15, 0.2) is 0 Å². The molecule has 0 aliphatic rings. The summed E-state index contributed by atoms with van der Waals surface area (Å²) in [6.45, 7) is 5.07. The molecule has 1 rings (SSSR count). The molecule has 0 spiro atoms. The number of hydrogen-bond acceptors (Lipinski definition) is 5. The molecule has 4 N–H and O–H groups in total. The number of rotatable bonds is 5. The third-order valence-corrected chi connectivity index (χ3v) is 2.73. The highest BCUT2D eigenvalue weighted by atomic mass is 16.6. The summed E-state index contributed by atoms with van der Waals surface area (Å²) >= 11 is 0. The predicted octanol–water partition coefficient (Wildman–Crippen LogP) is 2.38. The first-order chi connectivity index (χ1) is 10.5. The molecule has 0 aliphatic carbocycles. The monoisotopic (exact) mass is 325 g/mol. The van der Waals surface area contributed by atoms with Crippen molar-refractivity contribution in [2.45, 2.75) is 38.7 Å². The van der Waals surface area contributed by atoms with E-state index >= 15 is 0 Å². The van der Waals surface area contributed by atoms with Crippen LogP contribution in [0.25, 0.3) is 0 Å². The first-order valence-corrected chi connectivity index (χ1v) is 6.77. The molecule has 8 heteroatoms. The van der Waals surface area contributed by atoms with Crippen molar-refractivity contribution >= 4 is 23.7 Å².